The molecule has 1 amide bonds. The normalized spacial score (nSPS) is 43.0. The third kappa shape index (κ3) is 9.68. The van der Waals surface area contributed by atoms with E-state index in [0.29, 0.717) is 31.4 Å². The molecule has 1 aromatic rings. The number of anilines is 1. The number of benzene rings is 1. The van der Waals surface area contributed by atoms with E-state index in [1.165, 1.54) is 7.11 Å². The maximum atomic E-state index is 12.7. The summed E-state index contributed by atoms with van der Waals surface area (Å²) in [6.07, 6.45) is 1.67. The number of aliphatic carboxylic acids is 1. The topological polar surface area (TPSA) is 171 Å². The predicted octanol–water partition coefficient (Wildman–Crippen LogP) is 6.91. The van der Waals surface area contributed by atoms with Crippen molar-refractivity contribution in [3.63, 3.8) is 0 Å². The van der Waals surface area contributed by atoms with E-state index in [9.17, 15) is 24.9 Å². The van der Waals surface area contributed by atoms with Crippen molar-refractivity contribution in [1.29, 1.82) is 0 Å². The van der Waals surface area contributed by atoms with E-state index in [1.807, 2.05) is 32.9 Å². The Hall–Kier alpha value is -0.880. The third-order valence-corrected chi connectivity index (χ3v) is 14.8. The van der Waals surface area contributed by atoms with Crippen LogP contribution in [0, 0.1) is 35.5 Å². The second-order valence-electron chi connectivity index (χ2n) is 18.3. The molecule has 5 saturated heterocycles. The Labute approximate surface area is 374 Å². The maximum absolute atomic E-state index is 12.7. The molecule has 0 aromatic heterocycles. The summed E-state index contributed by atoms with van der Waals surface area (Å²) >= 11 is 3.39. The Morgan fingerprint density at radius 1 is 1.02 bits per heavy atom. The Kier molecular flexibility index (Phi) is 15.6. The first-order valence-electron chi connectivity index (χ1n) is 21.0. The molecule has 4 N–H and O–H groups in total. The van der Waals surface area contributed by atoms with E-state index >= 15 is 0 Å². The fourth-order valence-corrected chi connectivity index (χ4v) is 11.0. The van der Waals surface area contributed by atoms with Crippen molar-refractivity contribution in [2.45, 2.75) is 172 Å². The van der Waals surface area contributed by atoms with Crippen LogP contribution in [0.3, 0.4) is 0 Å². The van der Waals surface area contributed by atoms with E-state index in [4.69, 9.17) is 33.2 Å². The Morgan fingerprint density at radius 3 is 2.34 bits per heavy atom. The molecule has 5 aliphatic heterocycles. The zero-order chi connectivity index (χ0) is 41.7. The summed E-state index contributed by atoms with van der Waals surface area (Å²) in [7, 11) is 1.52. The van der Waals surface area contributed by atoms with Crippen LogP contribution in [-0.4, -0.2) is 136 Å². The fourth-order valence-electron chi connectivity index (χ4n) is 10.8. The van der Waals surface area contributed by atoms with Gasteiger partial charge in [0.15, 0.2) is 5.79 Å². The number of aliphatic hydroxyl groups excluding tert-OH is 1. The first-order valence-corrected chi connectivity index (χ1v) is 21.8. The number of ether oxygens (including phenoxy) is 7. The van der Waals surface area contributed by atoms with Crippen molar-refractivity contribution < 1.29 is 58.1 Å². The second-order valence-corrected chi connectivity index (χ2v) is 19.3. The summed E-state index contributed by atoms with van der Waals surface area (Å²) in [6.45, 7) is 15.6. The molecule has 5 fully saturated rings. The van der Waals surface area contributed by atoms with Gasteiger partial charge in [0.2, 0.25) is 5.79 Å². The molecule has 17 unspecified atom stereocenters. The Bertz CT molecular complexity index is 1580. The number of hydrogen-bond donors (Lipinski definition) is 4. The minimum Gasteiger partial charge on any atom is -0.481 e. The molecule has 0 aliphatic carbocycles. The van der Waals surface area contributed by atoms with Gasteiger partial charge in [-0.15, -0.1) is 0 Å². The minimum atomic E-state index is -1.68. The number of carbonyl (C=O) groups is 2. The van der Waals surface area contributed by atoms with E-state index in [0.717, 1.165) is 30.2 Å². The van der Waals surface area contributed by atoms with E-state index in [1.54, 1.807) is 19.1 Å². The van der Waals surface area contributed by atoms with Crippen molar-refractivity contribution in [3.05, 3.63) is 28.7 Å². The number of carbonyl (C=O) groups excluding carboxylic acids is 1. The number of carboxylic acids is 1. The number of halogens is 1. The quantitative estimate of drug-likeness (QED) is 0.160. The molecule has 1 radical (unpaired) electrons. The summed E-state index contributed by atoms with van der Waals surface area (Å²) in [4.78, 5) is 24.6. The van der Waals surface area contributed by atoms with Crippen molar-refractivity contribution in [3.8, 4) is 0 Å². The summed E-state index contributed by atoms with van der Waals surface area (Å²) < 4.78 is 46.4. The van der Waals surface area contributed by atoms with Crippen LogP contribution >= 0.6 is 15.9 Å². The standard InChI is InChI=1S/C43H66BrNO12.Na/c1-10-41(16-15-33(54-41)40(8)17-18-42(57-40)21-31(46)26(5)36(55-42)27(6)35(51-9)28(7)38(47)48)37-24(3)20-32(53-37)34-23(2)19-25(4)43(50,56-34)22-52-39(49)45-30-13-11-29(44)12-14-30;/h11-14,23-28,31-37,46,50H,10,15-22H2,1-9H3,(H,45,49)(H,47,48);. The van der Waals surface area contributed by atoms with Crippen LogP contribution in [0.15, 0.2) is 28.7 Å². The van der Waals surface area contributed by atoms with Gasteiger partial charge in [-0.1, -0.05) is 57.5 Å². The molecule has 13 nitrogen and oxygen atoms in total. The summed E-state index contributed by atoms with van der Waals surface area (Å²) in [5, 5.41) is 35.6. The van der Waals surface area contributed by atoms with Gasteiger partial charge in [0.25, 0.3) is 0 Å². The van der Waals surface area contributed by atoms with Crippen LogP contribution in [-0.2, 0) is 38.0 Å². The van der Waals surface area contributed by atoms with Gasteiger partial charge in [-0.2, -0.15) is 0 Å². The van der Waals surface area contributed by atoms with Gasteiger partial charge in [0, 0.05) is 77.4 Å². The Morgan fingerprint density at radius 2 is 1.71 bits per heavy atom. The molecule has 17 atom stereocenters. The van der Waals surface area contributed by atoms with E-state index < -0.39 is 65.2 Å². The smallest absolute Gasteiger partial charge is 0.411 e. The number of rotatable bonds is 12. The predicted molar refractivity (Wildman–Crippen MR) is 220 cm³/mol. The molecule has 5 aliphatic rings. The summed E-state index contributed by atoms with van der Waals surface area (Å²) in [6, 6.07) is 7.14. The van der Waals surface area contributed by atoms with Crippen LogP contribution in [0.2, 0.25) is 0 Å². The molecule has 323 valence electrons. The van der Waals surface area contributed by atoms with Crippen molar-refractivity contribution >= 4 is 63.2 Å². The van der Waals surface area contributed by atoms with Crippen molar-refractivity contribution in [1.82, 2.24) is 0 Å². The molecular formula is C43H66BrNNaO12. The number of hydrogen-bond acceptors (Lipinski definition) is 11. The van der Waals surface area contributed by atoms with Gasteiger partial charge >= 0.3 is 12.1 Å². The van der Waals surface area contributed by atoms with Gasteiger partial charge in [-0.05, 0) is 88.5 Å². The van der Waals surface area contributed by atoms with Gasteiger partial charge in [-0.25, -0.2) is 4.79 Å². The van der Waals surface area contributed by atoms with Crippen molar-refractivity contribution in [2.75, 3.05) is 19.0 Å². The maximum Gasteiger partial charge on any atom is 0.411 e. The second kappa shape index (κ2) is 18.8. The molecule has 5 heterocycles. The number of carboxylic acid groups (broad SMARTS) is 1. The zero-order valence-electron chi connectivity index (χ0n) is 36.1. The minimum absolute atomic E-state index is 0. The van der Waals surface area contributed by atoms with Gasteiger partial charge in [0.1, 0.15) is 6.61 Å². The SMILES string of the molecule is CCC1(C2OC(C3OC(O)(COC(=O)Nc4ccc(Br)cc4)C(C)CC3C)CC2C)CCC(C2(C)CCC3(CC(O)C(C)C(C(C)C(OC)C(C)C(=O)O)O3)O2)O1.[Na]. The average Bonchev–Trinajstić information content (AvgIpc) is 3.88. The summed E-state index contributed by atoms with van der Waals surface area (Å²) in [5.74, 6) is -4.99. The molecule has 1 spiro atoms. The van der Waals surface area contributed by atoms with Crippen molar-refractivity contribution in [2.24, 2.45) is 35.5 Å². The van der Waals surface area contributed by atoms with Gasteiger partial charge in [0.05, 0.1) is 59.8 Å². The summed E-state index contributed by atoms with van der Waals surface area (Å²) in [5.41, 5.74) is -0.668. The molecule has 0 saturated carbocycles. The zero-order valence-corrected chi connectivity index (χ0v) is 39.7. The Balaban J connectivity index is 0.00000641. The van der Waals surface area contributed by atoms with Crippen LogP contribution in [0.1, 0.15) is 107 Å². The van der Waals surface area contributed by atoms with Crippen LogP contribution < -0.4 is 5.32 Å². The number of nitrogens with one attached hydrogen (secondary N) is 1. The molecular weight excluding hydrogens is 825 g/mol. The largest absolute Gasteiger partial charge is 0.481 e. The van der Waals surface area contributed by atoms with Crippen LogP contribution in [0.5, 0.6) is 0 Å². The van der Waals surface area contributed by atoms with Crippen LogP contribution in [0.25, 0.3) is 0 Å². The number of amides is 1. The first-order chi connectivity index (χ1) is 26.8. The third-order valence-electron chi connectivity index (χ3n) is 14.3. The fraction of sp³-hybridized carbons (Fsp3) is 0.814. The number of aliphatic hydroxyl groups is 2. The van der Waals surface area contributed by atoms with E-state index in [-0.39, 0.29) is 84.1 Å². The molecule has 0 bridgehead atoms. The average molecular weight is 892 g/mol. The van der Waals surface area contributed by atoms with Gasteiger partial charge < -0.3 is 48.5 Å². The first kappa shape index (κ1) is 48.2. The molecule has 1 aromatic carbocycles. The molecule has 15 heteroatoms. The molecule has 58 heavy (non-hydrogen) atoms. The number of methoxy groups -OCH3 is 1. The van der Waals surface area contributed by atoms with Gasteiger partial charge in [-0.3, -0.25) is 10.1 Å². The molecule has 6 rings (SSSR count). The van der Waals surface area contributed by atoms with Crippen LogP contribution in [0.4, 0.5) is 10.5 Å². The monoisotopic (exact) mass is 890 g/mol. The van der Waals surface area contributed by atoms with E-state index in [2.05, 4.69) is 48.9 Å².